The van der Waals surface area contributed by atoms with E-state index >= 15 is 0 Å². The number of benzene rings is 5. The molecule has 0 unspecified atom stereocenters. The van der Waals surface area contributed by atoms with E-state index in [4.69, 9.17) is 19.5 Å². The second kappa shape index (κ2) is 13.9. The van der Waals surface area contributed by atoms with Gasteiger partial charge in [0.2, 0.25) is 0 Å². The average Bonchev–Trinajstić information content (AvgIpc) is 3.75. The van der Waals surface area contributed by atoms with Crippen molar-refractivity contribution >= 4 is 44.8 Å². The Balaban J connectivity index is 0.00000518. The third-order valence-electron chi connectivity index (χ3n) is 13.1. The molecule has 1 aliphatic carbocycles. The fraction of sp³-hybridized carbons (Fsp3) is 0.345. The van der Waals surface area contributed by atoms with Crippen molar-refractivity contribution in [3.05, 3.63) is 148 Å². The number of aliphatic imine (C=N–C) groups is 1. The minimum absolute atomic E-state index is 0. The van der Waals surface area contributed by atoms with Crippen molar-refractivity contribution in [3.63, 3.8) is 0 Å². The van der Waals surface area contributed by atoms with Crippen LogP contribution < -0.4 is 9.64 Å². The normalized spacial score (nSPS) is 20.6. The zero-order valence-corrected chi connectivity index (χ0v) is 40.4. The maximum atomic E-state index is 9.84. The van der Waals surface area contributed by atoms with E-state index in [1.165, 1.54) is 5.56 Å². The quantitative estimate of drug-likeness (QED) is 0.166. The van der Waals surface area contributed by atoms with Crippen LogP contribution in [-0.4, -0.2) is 21.0 Å². The van der Waals surface area contributed by atoms with Crippen molar-refractivity contribution in [1.82, 2.24) is 9.55 Å². The van der Waals surface area contributed by atoms with Gasteiger partial charge in [-0.2, -0.15) is 0 Å². The molecule has 5 aromatic carbocycles. The SMILES string of the molecule is [2H]C1([2H])c2ccc(C)cc2[C@@]2(C)N=C(c3[c-]c(N4c5[c-]c6c(cc5Oc5cc(C)ccc54)c4cc(C)ccc4n6-c4cc(C(C)(C)C)ccn4)cc(C(C)(C)C)c3)O[C@@]12C(C)(C)C.[Pt+2]. The Labute approximate surface area is 384 Å². The molecule has 0 bridgehead atoms. The smallest absolute Gasteiger partial charge is 0.513 e. The molecule has 318 valence electrons. The number of aryl methyl sites for hydroxylation is 3. The third-order valence-corrected chi connectivity index (χ3v) is 13.1. The summed E-state index contributed by atoms with van der Waals surface area (Å²) in [6.07, 6.45) is 0.0530. The number of hydrogen-bond donors (Lipinski definition) is 0. The summed E-state index contributed by atoms with van der Waals surface area (Å²) in [6, 6.07) is 37.3. The van der Waals surface area contributed by atoms with E-state index in [1.807, 2.05) is 32.2 Å². The van der Waals surface area contributed by atoms with Gasteiger partial charge in [-0.1, -0.05) is 126 Å². The van der Waals surface area contributed by atoms with Crippen LogP contribution in [0.5, 0.6) is 11.5 Å². The van der Waals surface area contributed by atoms with Crippen LogP contribution in [0.15, 0.2) is 96.1 Å². The third kappa shape index (κ3) is 6.29. The summed E-state index contributed by atoms with van der Waals surface area (Å²) in [4.78, 5) is 12.7. The van der Waals surface area contributed by atoms with E-state index in [0.717, 1.165) is 78.3 Å². The Bertz CT molecular complexity index is 3130. The van der Waals surface area contributed by atoms with Crippen molar-refractivity contribution in [2.75, 3.05) is 4.90 Å². The first-order valence-electron chi connectivity index (χ1n) is 22.5. The number of anilines is 3. The molecule has 0 spiro atoms. The molecule has 7 heteroatoms. The summed E-state index contributed by atoms with van der Waals surface area (Å²) in [5.41, 5.74) is 8.61. The second-order valence-corrected chi connectivity index (χ2v) is 20.8. The molecule has 0 fully saturated rings. The van der Waals surface area contributed by atoms with Gasteiger partial charge in [0.15, 0.2) is 0 Å². The van der Waals surface area contributed by atoms with Gasteiger partial charge in [0, 0.05) is 32.0 Å². The summed E-state index contributed by atoms with van der Waals surface area (Å²) >= 11 is 0. The van der Waals surface area contributed by atoms with Crippen molar-refractivity contribution in [1.29, 1.82) is 0 Å². The number of ether oxygens (including phenoxy) is 2. The van der Waals surface area contributed by atoms with Crippen molar-refractivity contribution < 1.29 is 33.3 Å². The molecule has 62 heavy (non-hydrogen) atoms. The van der Waals surface area contributed by atoms with Gasteiger partial charge >= 0.3 is 21.1 Å². The first kappa shape index (κ1) is 39.6. The number of nitrogens with zero attached hydrogens (tertiary/aromatic N) is 4. The molecule has 2 aromatic heterocycles. The van der Waals surface area contributed by atoms with Gasteiger partial charge in [0.25, 0.3) is 0 Å². The largest absolute Gasteiger partial charge is 2.00 e. The van der Waals surface area contributed by atoms with Gasteiger partial charge in [-0.15, -0.1) is 35.9 Å². The summed E-state index contributed by atoms with van der Waals surface area (Å²) in [5.74, 6) is 2.62. The first-order chi connectivity index (χ1) is 29.4. The fourth-order valence-corrected chi connectivity index (χ4v) is 9.65. The number of rotatable bonds is 3. The predicted molar refractivity (Wildman–Crippen MR) is 250 cm³/mol. The number of aromatic nitrogens is 2. The summed E-state index contributed by atoms with van der Waals surface area (Å²) < 4.78 is 36.0. The van der Waals surface area contributed by atoms with Crippen molar-refractivity contribution in [2.45, 2.75) is 118 Å². The van der Waals surface area contributed by atoms with Crippen molar-refractivity contribution in [2.24, 2.45) is 10.4 Å². The van der Waals surface area contributed by atoms with Crippen LogP contribution in [0, 0.1) is 38.3 Å². The molecule has 0 amide bonds. The Kier molecular flexibility index (Phi) is 8.89. The van der Waals surface area contributed by atoms with Crippen LogP contribution in [0.4, 0.5) is 17.1 Å². The van der Waals surface area contributed by atoms with Crippen LogP contribution in [0.1, 0.15) is 116 Å². The molecule has 3 aliphatic rings. The van der Waals surface area contributed by atoms with Crippen LogP contribution in [-0.2, 0) is 48.5 Å². The molecular weight excluding hydrogens is 944 g/mol. The number of fused-ring (bicyclic) bond motifs is 8. The zero-order chi connectivity index (χ0) is 45.0. The molecule has 2 atom stereocenters. The maximum Gasteiger partial charge on any atom is 2.00 e. The monoisotopic (exact) mass is 1000 g/mol. The van der Waals surface area contributed by atoms with E-state index in [9.17, 15) is 2.74 Å². The number of hydrogen-bond acceptors (Lipinski definition) is 5. The molecule has 0 radical (unpaired) electrons. The van der Waals surface area contributed by atoms with Crippen molar-refractivity contribution in [3.8, 4) is 17.3 Å². The minimum atomic E-state index is -1.85. The van der Waals surface area contributed by atoms with E-state index in [-0.39, 0.29) is 31.9 Å². The predicted octanol–water partition coefficient (Wildman–Crippen LogP) is 13.9. The summed E-state index contributed by atoms with van der Waals surface area (Å²) in [6.45, 7) is 27.8. The van der Waals surface area contributed by atoms with Gasteiger partial charge in [-0.3, -0.25) is 4.99 Å². The van der Waals surface area contributed by atoms with Crippen LogP contribution in [0.2, 0.25) is 0 Å². The zero-order valence-electron chi connectivity index (χ0n) is 40.1. The van der Waals surface area contributed by atoms with Crippen LogP contribution in [0.25, 0.3) is 27.6 Å². The summed E-state index contributed by atoms with van der Waals surface area (Å²) in [5, 5.41) is 2.12. The Morgan fingerprint density at radius 3 is 2.15 bits per heavy atom. The molecular formula is C55H56N4O2Pt. The topological polar surface area (TPSA) is 51.9 Å². The Morgan fingerprint density at radius 2 is 1.42 bits per heavy atom. The van der Waals surface area contributed by atoms with Gasteiger partial charge in [0.05, 0.1) is 5.69 Å². The Morgan fingerprint density at radius 1 is 0.726 bits per heavy atom. The van der Waals surface area contributed by atoms with Crippen LogP contribution in [0.3, 0.4) is 0 Å². The van der Waals surface area contributed by atoms with E-state index in [1.54, 1.807) is 0 Å². The van der Waals surface area contributed by atoms with Gasteiger partial charge < -0.3 is 18.9 Å². The van der Waals surface area contributed by atoms with E-state index in [2.05, 4.69) is 171 Å². The minimum Gasteiger partial charge on any atom is -0.513 e. The van der Waals surface area contributed by atoms with E-state index in [0.29, 0.717) is 22.8 Å². The maximum absolute atomic E-state index is 9.84. The molecule has 6 nitrogen and oxygen atoms in total. The molecule has 2 aliphatic heterocycles. The molecule has 7 aromatic rings. The average molecular weight is 1000 g/mol. The molecule has 0 saturated heterocycles. The van der Waals surface area contributed by atoms with Gasteiger partial charge in [-0.05, 0) is 108 Å². The Hall–Kier alpha value is -5.19. The first-order valence-corrected chi connectivity index (χ1v) is 21.5. The molecule has 10 rings (SSSR count). The van der Waals surface area contributed by atoms with Gasteiger partial charge in [-0.25, -0.2) is 4.98 Å². The fourth-order valence-electron chi connectivity index (χ4n) is 9.65. The molecule has 4 heterocycles. The van der Waals surface area contributed by atoms with Gasteiger partial charge in [0.1, 0.15) is 28.6 Å². The molecule has 0 N–H and O–H groups in total. The van der Waals surface area contributed by atoms with E-state index < -0.39 is 22.9 Å². The van der Waals surface area contributed by atoms with Crippen LogP contribution >= 0.6 is 0 Å². The standard InChI is InChI=1S/C55H56N4O2.Pt/c1-32-15-18-43-40(22-32)41-29-48-46(30-45(41)59(43)49-28-37(20-21-56-49)51(4,5)6)58(44-19-16-34(3)24-47(44)60-48)39-26-36(25-38(27-39)52(7,8)9)50-57-54(13)42-23-33(2)14-17-35(42)31-55(54,61-50)53(10,11)12;/h14-25,27-29H,31H2,1-13H3;/q-2;+2/t54-,55-;/m1./s1/i31D2;. The summed E-state index contributed by atoms with van der Waals surface area (Å²) in [7, 11) is 0. The molecule has 0 saturated carbocycles. The number of pyridine rings is 1. The second-order valence-electron chi connectivity index (χ2n) is 20.8.